The molecule has 1 aromatic carbocycles. The van der Waals surface area contributed by atoms with Crippen molar-refractivity contribution in [3.63, 3.8) is 0 Å². The van der Waals surface area contributed by atoms with Gasteiger partial charge in [0.05, 0.1) is 0 Å². The maximum atomic E-state index is 6.35. The van der Waals surface area contributed by atoms with E-state index in [9.17, 15) is 0 Å². The van der Waals surface area contributed by atoms with E-state index in [1.807, 2.05) is 0 Å². The molecule has 0 aromatic heterocycles. The zero-order chi connectivity index (χ0) is 9.80. The van der Waals surface area contributed by atoms with E-state index in [2.05, 4.69) is 30.3 Å². The minimum absolute atomic E-state index is 0.434. The number of hydrogen-bond donors (Lipinski definition) is 0. The normalized spacial score (nSPS) is 27.5. The summed E-state index contributed by atoms with van der Waals surface area (Å²) in [5, 5.41) is 0.434. The van der Waals surface area contributed by atoms with Crippen molar-refractivity contribution in [2.75, 3.05) is 0 Å². The van der Waals surface area contributed by atoms with Gasteiger partial charge in [-0.2, -0.15) is 0 Å². The Labute approximate surface area is 97.2 Å². The topological polar surface area (TPSA) is 0 Å². The third kappa shape index (κ3) is 2.76. The second-order valence-corrected chi connectivity index (χ2v) is 7.08. The average molecular weight is 274 g/mol. The number of rotatable bonds is 2. The van der Waals surface area contributed by atoms with Gasteiger partial charge in [0.15, 0.2) is 0 Å². The first-order valence-electron chi connectivity index (χ1n) is 5.22. The molecule has 1 aliphatic carbocycles. The minimum atomic E-state index is 0.434. The van der Waals surface area contributed by atoms with Gasteiger partial charge in [-0.05, 0) is 0 Å². The Bertz CT molecular complexity index is 273. The molecular formula is C12H15ClSe. The zero-order valence-corrected chi connectivity index (χ0v) is 10.6. The van der Waals surface area contributed by atoms with Crippen LogP contribution in [0.1, 0.15) is 25.7 Å². The second kappa shape index (κ2) is 5.21. The molecule has 0 N–H and O–H groups in total. The summed E-state index contributed by atoms with van der Waals surface area (Å²) in [4.78, 5) is 0.764. The molecule has 1 aliphatic rings. The summed E-state index contributed by atoms with van der Waals surface area (Å²) in [5.74, 6) is 0. The molecule has 1 fully saturated rings. The van der Waals surface area contributed by atoms with Gasteiger partial charge in [0, 0.05) is 0 Å². The van der Waals surface area contributed by atoms with Crippen molar-refractivity contribution in [2.24, 2.45) is 0 Å². The summed E-state index contributed by atoms with van der Waals surface area (Å²) in [6.45, 7) is 0. The van der Waals surface area contributed by atoms with Gasteiger partial charge in [-0.1, -0.05) is 0 Å². The third-order valence-corrected chi connectivity index (χ3v) is 6.47. The van der Waals surface area contributed by atoms with E-state index in [4.69, 9.17) is 11.6 Å². The quantitative estimate of drug-likeness (QED) is 0.574. The molecule has 0 saturated heterocycles. The van der Waals surface area contributed by atoms with Crippen LogP contribution in [0.5, 0.6) is 0 Å². The van der Waals surface area contributed by atoms with Crippen molar-refractivity contribution in [3.05, 3.63) is 30.3 Å². The van der Waals surface area contributed by atoms with Gasteiger partial charge in [0.25, 0.3) is 0 Å². The van der Waals surface area contributed by atoms with Crippen LogP contribution >= 0.6 is 11.6 Å². The van der Waals surface area contributed by atoms with Crippen molar-refractivity contribution in [2.45, 2.75) is 35.9 Å². The molecule has 0 radical (unpaired) electrons. The van der Waals surface area contributed by atoms with Crippen molar-refractivity contribution >= 4 is 31.0 Å². The summed E-state index contributed by atoms with van der Waals surface area (Å²) in [7, 11) is 0. The molecule has 1 saturated carbocycles. The van der Waals surface area contributed by atoms with Gasteiger partial charge in [0.2, 0.25) is 0 Å². The molecule has 0 heterocycles. The standard InChI is InChI=1S/C12H15ClSe/c13-11-8-4-5-9-12(11)14-10-6-2-1-3-7-10/h1-3,6-7,11-12H,4-5,8-9H2/t11-,12-/m1/s1. The molecule has 0 nitrogen and oxygen atoms in total. The van der Waals surface area contributed by atoms with Gasteiger partial charge >= 0.3 is 97.2 Å². The van der Waals surface area contributed by atoms with Crippen molar-refractivity contribution in [1.29, 1.82) is 0 Å². The molecule has 76 valence electrons. The van der Waals surface area contributed by atoms with Gasteiger partial charge in [-0.25, -0.2) is 0 Å². The fraction of sp³-hybridized carbons (Fsp3) is 0.500. The summed E-state index contributed by atoms with van der Waals surface area (Å²) < 4.78 is 1.50. The Kier molecular flexibility index (Phi) is 3.92. The summed E-state index contributed by atoms with van der Waals surface area (Å²) >= 11 is 6.93. The summed E-state index contributed by atoms with van der Waals surface area (Å²) in [6, 6.07) is 10.8. The van der Waals surface area contributed by atoms with Crippen LogP contribution < -0.4 is 4.46 Å². The van der Waals surface area contributed by atoms with Crippen molar-refractivity contribution in [3.8, 4) is 0 Å². The Morgan fingerprint density at radius 1 is 1.07 bits per heavy atom. The van der Waals surface area contributed by atoms with Crippen LogP contribution in [0.4, 0.5) is 0 Å². The summed E-state index contributed by atoms with van der Waals surface area (Å²) in [6.07, 6.45) is 5.27. The number of benzene rings is 1. The molecule has 0 aliphatic heterocycles. The number of alkyl halides is 1. The van der Waals surface area contributed by atoms with E-state index in [1.54, 1.807) is 0 Å². The van der Waals surface area contributed by atoms with Crippen LogP contribution in [0.25, 0.3) is 0 Å². The number of halogens is 1. The van der Waals surface area contributed by atoms with E-state index in [0.717, 1.165) is 4.82 Å². The molecule has 0 unspecified atom stereocenters. The summed E-state index contributed by atoms with van der Waals surface area (Å²) in [5.41, 5.74) is 0. The molecule has 2 atom stereocenters. The monoisotopic (exact) mass is 274 g/mol. The van der Waals surface area contributed by atoms with E-state index in [0.29, 0.717) is 20.3 Å². The Morgan fingerprint density at radius 3 is 2.50 bits per heavy atom. The fourth-order valence-electron chi connectivity index (χ4n) is 1.86. The first-order valence-corrected chi connectivity index (χ1v) is 7.50. The third-order valence-electron chi connectivity index (χ3n) is 2.65. The van der Waals surface area contributed by atoms with E-state index >= 15 is 0 Å². The number of hydrogen-bond acceptors (Lipinski definition) is 0. The molecule has 0 spiro atoms. The molecule has 14 heavy (non-hydrogen) atoms. The van der Waals surface area contributed by atoms with E-state index in [-0.39, 0.29) is 0 Å². The fourth-order valence-corrected chi connectivity index (χ4v) is 4.99. The van der Waals surface area contributed by atoms with Crippen LogP contribution in [0, 0.1) is 0 Å². The SMILES string of the molecule is Cl[C@@H]1CCCC[C@H]1[Se]c1ccccc1. The van der Waals surface area contributed by atoms with Crippen LogP contribution in [0.3, 0.4) is 0 Å². The Morgan fingerprint density at radius 2 is 1.79 bits per heavy atom. The molecule has 2 rings (SSSR count). The Balaban J connectivity index is 1.96. The van der Waals surface area contributed by atoms with Gasteiger partial charge in [-0.3, -0.25) is 0 Å². The molecule has 1 aromatic rings. The van der Waals surface area contributed by atoms with Crippen LogP contribution in [0.2, 0.25) is 4.82 Å². The average Bonchev–Trinajstić information content (AvgIpc) is 2.23. The zero-order valence-electron chi connectivity index (χ0n) is 8.16. The Hall–Kier alpha value is 0.0295. The van der Waals surface area contributed by atoms with Crippen molar-refractivity contribution < 1.29 is 0 Å². The van der Waals surface area contributed by atoms with Gasteiger partial charge < -0.3 is 0 Å². The van der Waals surface area contributed by atoms with Gasteiger partial charge in [-0.15, -0.1) is 0 Å². The van der Waals surface area contributed by atoms with E-state index < -0.39 is 0 Å². The second-order valence-electron chi connectivity index (χ2n) is 3.77. The first-order chi connectivity index (χ1) is 6.86. The van der Waals surface area contributed by atoms with Crippen LogP contribution in [-0.2, 0) is 0 Å². The van der Waals surface area contributed by atoms with Crippen LogP contribution in [0.15, 0.2) is 30.3 Å². The molecule has 2 heteroatoms. The first kappa shape index (κ1) is 10.5. The van der Waals surface area contributed by atoms with Crippen LogP contribution in [-0.4, -0.2) is 20.3 Å². The molecule has 0 amide bonds. The van der Waals surface area contributed by atoms with E-state index in [1.165, 1.54) is 30.1 Å². The van der Waals surface area contributed by atoms with Gasteiger partial charge in [0.1, 0.15) is 0 Å². The molecule has 0 bridgehead atoms. The van der Waals surface area contributed by atoms with Crippen molar-refractivity contribution in [1.82, 2.24) is 0 Å². The molecular weight excluding hydrogens is 259 g/mol. The maximum absolute atomic E-state index is 6.35. The predicted octanol–water partition coefficient (Wildman–Crippen LogP) is 2.99. The predicted molar refractivity (Wildman–Crippen MR) is 63.7 cm³/mol.